The van der Waals surface area contributed by atoms with Crippen molar-refractivity contribution in [1.29, 1.82) is 0 Å². The van der Waals surface area contributed by atoms with Gasteiger partial charge in [-0.3, -0.25) is 9.20 Å². The summed E-state index contributed by atoms with van der Waals surface area (Å²) in [4.78, 5) is 18.8. The minimum absolute atomic E-state index is 0.0445. The number of hydrogen-bond donors (Lipinski definition) is 0. The minimum Gasteiger partial charge on any atom is -0.493 e. The Hall–Kier alpha value is -2.66. The SMILES string of the molecule is Cc1ccccc1OCCCN(C)Cc1cc(=O)n2ccccc2n1. The molecule has 0 saturated carbocycles. The lowest BCUT2D eigenvalue weighted by Gasteiger charge is -2.17. The number of benzene rings is 1. The predicted molar refractivity (Wildman–Crippen MR) is 99.1 cm³/mol. The van der Waals surface area contributed by atoms with Gasteiger partial charge in [-0.25, -0.2) is 4.98 Å². The topological polar surface area (TPSA) is 46.8 Å². The molecule has 0 amide bonds. The van der Waals surface area contributed by atoms with Crippen molar-refractivity contribution in [2.24, 2.45) is 0 Å². The largest absolute Gasteiger partial charge is 0.493 e. The molecular weight excluding hydrogens is 314 g/mol. The Morgan fingerprint density at radius 3 is 2.80 bits per heavy atom. The molecule has 0 spiro atoms. The molecule has 0 aliphatic carbocycles. The van der Waals surface area contributed by atoms with E-state index in [9.17, 15) is 4.79 Å². The molecule has 0 unspecified atom stereocenters. The summed E-state index contributed by atoms with van der Waals surface area (Å²) in [6.45, 7) is 4.24. The van der Waals surface area contributed by atoms with Crippen molar-refractivity contribution in [1.82, 2.24) is 14.3 Å². The molecule has 0 aliphatic heterocycles. The second kappa shape index (κ2) is 7.94. The Labute approximate surface area is 147 Å². The number of aryl methyl sites for hydroxylation is 1. The van der Waals surface area contributed by atoms with Crippen LogP contribution in [0.5, 0.6) is 5.75 Å². The third-order valence-corrected chi connectivity index (χ3v) is 4.09. The summed E-state index contributed by atoms with van der Waals surface area (Å²) in [5.74, 6) is 0.939. The number of aromatic nitrogens is 2. The highest BCUT2D eigenvalue weighted by Crippen LogP contribution is 2.16. The maximum absolute atomic E-state index is 12.1. The Balaban J connectivity index is 1.52. The zero-order chi connectivity index (χ0) is 17.6. The van der Waals surface area contributed by atoms with Gasteiger partial charge in [-0.1, -0.05) is 24.3 Å². The molecule has 0 N–H and O–H groups in total. The molecule has 2 heterocycles. The van der Waals surface area contributed by atoms with Crippen LogP contribution in [0.15, 0.2) is 59.5 Å². The number of pyridine rings is 1. The second-order valence-corrected chi connectivity index (χ2v) is 6.22. The third kappa shape index (κ3) is 4.45. The number of fused-ring (bicyclic) bond motifs is 1. The summed E-state index contributed by atoms with van der Waals surface area (Å²) < 4.78 is 7.37. The predicted octanol–water partition coefficient (Wildman–Crippen LogP) is 2.90. The van der Waals surface area contributed by atoms with Crippen LogP contribution in [0, 0.1) is 6.92 Å². The highest BCUT2D eigenvalue weighted by atomic mass is 16.5. The van der Waals surface area contributed by atoms with Gasteiger partial charge in [-0.15, -0.1) is 0 Å². The maximum atomic E-state index is 12.1. The molecular formula is C20H23N3O2. The molecule has 0 bridgehead atoms. The number of nitrogens with zero attached hydrogens (tertiary/aromatic N) is 3. The molecule has 0 saturated heterocycles. The molecule has 3 rings (SSSR count). The summed E-state index contributed by atoms with van der Waals surface area (Å²) in [7, 11) is 2.03. The van der Waals surface area contributed by atoms with Gasteiger partial charge in [-0.05, 0) is 44.2 Å². The van der Waals surface area contributed by atoms with Gasteiger partial charge < -0.3 is 9.64 Å². The van der Waals surface area contributed by atoms with Crippen LogP contribution in [0.1, 0.15) is 17.7 Å². The lowest BCUT2D eigenvalue weighted by Crippen LogP contribution is -2.23. The van der Waals surface area contributed by atoms with Crippen molar-refractivity contribution in [3.63, 3.8) is 0 Å². The van der Waals surface area contributed by atoms with Gasteiger partial charge in [-0.2, -0.15) is 0 Å². The zero-order valence-corrected chi connectivity index (χ0v) is 14.7. The second-order valence-electron chi connectivity index (χ2n) is 6.22. The summed E-state index contributed by atoms with van der Waals surface area (Å²) in [6, 6.07) is 15.2. The lowest BCUT2D eigenvalue weighted by molar-refractivity contribution is 0.256. The van der Waals surface area contributed by atoms with E-state index in [1.165, 1.54) is 0 Å². The summed E-state index contributed by atoms with van der Waals surface area (Å²) in [6.07, 6.45) is 2.65. The number of rotatable bonds is 7. The first kappa shape index (κ1) is 17.2. The molecule has 2 aromatic heterocycles. The smallest absolute Gasteiger partial charge is 0.258 e. The average molecular weight is 337 g/mol. The first-order valence-corrected chi connectivity index (χ1v) is 8.48. The molecule has 0 aliphatic rings. The molecule has 130 valence electrons. The molecule has 0 fully saturated rings. The van der Waals surface area contributed by atoms with Crippen molar-refractivity contribution in [3.05, 3.63) is 76.3 Å². The maximum Gasteiger partial charge on any atom is 0.258 e. The minimum atomic E-state index is -0.0445. The first-order chi connectivity index (χ1) is 12.1. The van der Waals surface area contributed by atoms with Crippen molar-refractivity contribution in [2.45, 2.75) is 19.9 Å². The van der Waals surface area contributed by atoms with Crippen molar-refractivity contribution >= 4 is 5.65 Å². The van der Waals surface area contributed by atoms with Crippen LogP contribution in [0.2, 0.25) is 0 Å². The first-order valence-electron chi connectivity index (χ1n) is 8.48. The van der Waals surface area contributed by atoms with Gasteiger partial charge in [0.2, 0.25) is 0 Å². The van der Waals surface area contributed by atoms with Crippen LogP contribution in [0.3, 0.4) is 0 Å². The fourth-order valence-corrected chi connectivity index (χ4v) is 2.77. The van der Waals surface area contributed by atoms with Crippen LogP contribution in [0.25, 0.3) is 5.65 Å². The third-order valence-electron chi connectivity index (χ3n) is 4.09. The van der Waals surface area contributed by atoms with Crippen LogP contribution in [-0.4, -0.2) is 34.5 Å². The molecule has 0 atom stereocenters. The van der Waals surface area contributed by atoms with E-state index in [0.717, 1.165) is 30.0 Å². The Morgan fingerprint density at radius 1 is 1.16 bits per heavy atom. The summed E-state index contributed by atoms with van der Waals surface area (Å²) in [5.41, 5.74) is 2.58. The quantitative estimate of drug-likeness (QED) is 0.622. The van der Waals surface area contributed by atoms with Gasteiger partial charge in [0.15, 0.2) is 0 Å². The van der Waals surface area contributed by atoms with E-state index in [0.29, 0.717) is 18.8 Å². The number of hydrogen-bond acceptors (Lipinski definition) is 4. The van der Waals surface area contributed by atoms with Crippen LogP contribution in [0.4, 0.5) is 0 Å². The zero-order valence-electron chi connectivity index (χ0n) is 14.7. The molecule has 5 nitrogen and oxygen atoms in total. The molecule has 5 heteroatoms. The fraction of sp³-hybridized carbons (Fsp3) is 0.300. The Morgan fingerprint density at radius 2 is 1.96 bits per heavy atom. The lowest BCUT2D eigenvalue weighted by atomic mass is 10.2. The van der Waals surface area contributed by atoms with Crippen molar-refractivity contribution in [3.8, 4) is 5.75 Å². The van der Waals surface area contributed by atoms with E-state index < -0.39 is 0 Å². The van der Waals surface area contributed by atoms with Gasteiger partial charge in [0, 0.05) is 25.4 Å². The van der Waals surface area contributed by atoms with E-state index in [2.05, 4.69) is 9.88 Å². The van der Waals surface area contributed by atoms with E-state index in [-0.39, 0.29) is 5.56 Å². The van der Waals surface area contributed by atoms with E-state index >= 15 is 0 Å². The van der Waals surface area contributed by atoms with E-state index in [4.69, 9.17) is 4.74 Å². The van der Waals surface area contributed by atoms with Gasteiger partial charge in [0.25, 0.3) is 5.56 Å². The van der Waals surface area contributed by atoms with E-state index in [1.54, 1.807) is 16.7 Å². The van der Waals surface area contributed by atoms with Gasteiger partial charge in [0.1, 0.15) is 11.4 Å². The van der Waals surface area contributed by atoms with Gasteiger partial charge >= 0.3 is 0 Å². The van der Waals surface area contributed by atoms with Gasteiger partial charge in [0.05, 0.1) is 12.3 Å². The monoisotopic (exact) mass is 337 g/mol. The van der Waals surface area contributed by atoms with Crippen LogP contribution < -0.4 is 10.3 Å². The Kier molecular flexibility index (Phi) is 5.46. The van der Waals surface area contributed by atoms with Crippen LogP contribution in [-0.2, 0) is 6.54 Å². The number of ether oxygens (including phenoxy) is 1. The molecule has 25 heavy (non-hydrogen) atoms. The Bertz CT molecular complexity index is 905. The molecule has 0 radical (unpaired) electrons. The van der Waals surface area contributed by atoms with Crippen molar-refractivity contribution < 1.29 is 4.74 Å². The average Bonchev–Trinajstić information content (AvgIpc) is 2.60. The van der Waals surface area contributed by atoms with Crippen LogP contribution >= 0.6 is 0 Å². The number of para-hydroxylation sites is 1. The summed E-state index contributed by atoms with van der Waals surface area (Å²) >= 11 is 0. The molecule has 1 aromatic carbocycles. The normalized spacial score (nSPS) is 11.2. The highest BCUT2D eigenvalue weighted by Gasteiger charge is 2.06. The fourth-order valence-electron chi connectivity index (χ4n) is 2.77. The standard InChI is InChI=1S/C20H23N3O2/c1-16-8-3-4-9-18(16)25-13-7-11-22(2)15-17-14-20(24)23-12-6-5-10-19(23)21-17/h3-6,8-10,12,14H,7,11,13,15H2,1-2H3. The van der Waals surface area contributed by atoms with Crippen molar-refractivity contribution in [2.75, 3.05) is 20.2 Å². The molecule has 3 aromatic rings. The summed E-state index contributed by atoms with van der Waals surface area (Å²) in [5, 5.41) is 0. The highest BCUT2D eigenvalue weighted by molar-refractivity contribution is 5.38. The van der Waals surface area contributed by atoms with E-state index in [1.807, 2.05) is 56.4 Å².